The number of rotatable bonds is 6. The van der Waals surface area contributed by atoms with Gasteiger partial charge in [-0.1, -0.05) is 32.3 Å². The van der Waals surface area contributed by atoms with Gasteiger partial charge in [-0.25, -0.2) is 4.98 Å². The Morgan fingerprint density at radius 1 is 1.31 bits per heavy atom. The van der Waals surface area contributed by atoms with Gasteiger partial charge in [-0.3, -0.25) is 14.6 Å². The Morgan fingerprint density at radius 3 is 2.86 bits per heavy atom. The predicted octanol–water partition coefficient (Wildman–Crippen LogP) is 4.16. The van der Waals surface area contributed by atoms with Crippen LogP contribution < -0.4 is 10.9 Å². The van der Waals surface area contributed by atoms with Crippen LogP contribution in [-0.4, -0.2) is 25.7 Å². The molecule has 2 N–H and O–H groups in total. The van der Waals surface area contributed by atoms with Crippen LogP contribution >= 0.6 is 11.3 Å². The van der Waals surface area contributed by atoms with Crippen LogP contribution in [0, 0.1) is 5.92 Å². The average Bonchev–Trinajstić information content (AvgIpc) is 3.38. The third kappa shape index (κ3) is 4.64. The second-order valence-electron chi connectivity index (χ2n) is 7.47. The molecule has 1 saturated carbocycles. The summed E-state index contributed by atoms with van der Waals surface area (Å²) in [5.41, 5.74) is 1.17. The highest BCUT2D eigenvalue weighted by atomic mass is 32.1. The number of thiophene rings is 1. The number of hydrogen-bond donors (Lipinski definition) is 2. The summed E-state index contributed by atoms with van der Waals surface area (Å²) in [6.07, 6.45) is 7.04. The third-order valence-corrected chi connectivity index (χ3v) is 6.19. The molecule has 4 rings (SSSR count). The van der Waals surface area contributed by atoms with Gasteiger partial charge in [0.05, 0.1) is 4.88 Å². The fraction of sp³-hybridized carbons (Fsp3) is 0.429. The number of H-pyrrole nitrogens is 1. The molecule has 29 heavy (non-hydrogen) atoms. The molecule has 1 aliphatic rings. The van der Waals surface area contributed by atoms with Crippen LogP contribution in [0.5, 0.6) is 0 Å². The van der Waals surface area contributed by atoms with Gasteiger partial charge in [0.25, 0.3) is 5.56 Å². The summed E-state index contributed by atoms with van der Waals surface area (Å²) in [6.45, 7) is 1.94. The van der Waals surface area contributed by atoms with Gasteiger partial charge in [0.15, 0.2) is 0 Å². The average molecular weight is 412 g/mol. The molecule has 3 aromatic heterocycles. The molecule has 0 saturated heterocycles. The molecular weight excluding hydrogens is 386 g/mol. The zero-order valence-electron chi connectivity index (χ0n) is 16.5. The second kappa shape index (κ2) is 8.73. The van der Waals surface area contributed by atoms with Crippen molar-refractivity contribution in [1.82, 2.24) is 19.7 Å². The van der Waals surface area contributed by atoms with E-state index in [0.717, 1.165) is 23.4 Å². The summed E-state index contributed by atoms with van der Waals surface area (Å²) < 4.78 is 1.52. The largest absolute Gasteiger partial charge is 0.310 e. The first-order valence-electron chi connectivity index (χ1n) is 10.2. The van der Waals surface area contributed by atoms with Gasteiger partial charge in [0.1, 0.15) is 11.5 Å². The summed E-state index contributed by atoms with van der Waals surface area (Å²) in [7, 11) is 0. The Morgan fingerprint density at radius 2 is 2.14 bits per heavy atom. The zero-order valence-corrected chi connectivity index (χ0v) is 17.3. The number of aromatic amines is 1. The number of anilines is 1. The van der Waals surface area contributed by atoms with Crippen molar-refractivity contribution in [3.8, 4) is 16.5 Å². The van der Waals surface area contributed by atoms with Crippen molar-refractivity contribution in [1.29, 1.82) is 0 Å². The van der Waals surface area contributed by atoms with Gasteiger partial charge >= 0.3 is 0 Å². The molecule has 0 bridgehead atoms. The number of hydrogen-bond acceptors (Lipinski definition) is 5. The van der Waals surface area contributed by atoms with E-state index in [2.05, 4.69) is 20.4 Å². The summed E-state index contributed by atoms with van der Waals surface area (Å²) in [5, 5.41) is 9.60. The smallest absolute Gasteiger partial charge is 0.252 e. The highest BCUT2D eigenvalue weighted by molar-refractivity contribution is 7.13. The van der Waals surface area contributed by atoms with E-state index in [1.165, 1.54) is 30.0 Å². The van der Waals surface area contributed by atoms with E-state index < -0.39 is 0 Å². The number of carbonyl (C=O) groups is 1. The highest BCUT2D eigenvalue weighted by Crippen LogP contribution is 2.29. The molecule has 0 spiro atoms. The van der Waals surface area contributed by atoms with E-state index in [-0.39, 0.29) is 11.5 Å². The van der Waals surface area contributed by atoms with Crippen molar-refractivity contribution in [2.45, 2.75) is 51.9 Å². The minimum Gasteiger partial charge on any atom is -0.310 e. The lowest BCUT2D eigenvalue weighted by Gasteiger charge is -2.20. The van der Waals surface area contributed by atoms with Crippen molar-refractivity contribution in [2.24, 2.45) is 5.92 Å². The first kappa shape index (κ1) is 19.6. The lowest BCUT2D eigenvalue weighted by Crippen LogP contribution is -2.21. The molecule has 1 aliphatic carbocycles. The summed E-state index contributed by atoms with van der Waals surface area (Å²) >= 11 is 1.57. The SMILES string of the molecule is CCc1cc(=O)[nH]c(-n2nc(-c3cccs3)cc2NC(=O)CC2CCCCC2)n1. The summed E-state index contributed by atoms with van der Waals surface area (Å²) in [6, 6.07) is 7.25. The molecular formula is C21H25N5O2S. The van der Waals surface area contributed by atoms with Gasteiger partial charge in [-0.2, -0.15) is 9.78 Å². The lowest BCUT2D eigenvalue weighted by molar-refractivity contribution is -0.117. The maximum atomic E-state index is 12.7. The van der Waals surface area contributed by atoms with E-state index in [1.807, 2.05) is 30.5 Å². The van der Waals surface area contributed by atoms with E-state index in [9.17, 15) is 9.59 Å². The standard InChI is InChI=1S/C21H25N5O2S/c1-2-15-12-20(28)24-21(22-15)26-18(13-16(25-26)17-9-6-10-29-17)23-19(27)11-14-7-4-3-5-8-14/h6,9-10,12-14H,2-5,7-8,11H2,1H3,(H,23,27)(H,22,24,28). The maximum absolute atomic E-state index is 12.7. The number of carbonyl (C=O) groups excluding carboxylic acids is 1. The van der Waals surface area contributed by atoms with Crippen molar-refractivity contribution in [3.05, 3.63) is 45.7 Å². The van der Waals surface area contributed by atoms with Gasteiger partial charge in [-0.05, 0) is 36.6 Å². The van der Waals surface area contributed by atoms with Crippen molar-refractivity contribution in [2.75, 3.05) is 5.32 Å². The van der Waals surface area contributed by atoms with Gasteiger partial charge < -0.3 is 5.32 Å². The number of amides is 1. The number of nitrogens with zero attached hydrogens (tertiary/aromatic N) is 3. The van der Waals surface area contributed by atoms with Gasteiger partial charge in [0, 0.05) is 24.2 Å². The monoisotopic (exact) mass is 411 g/mol. The topological polar surface area (TPSA) is 92.7 Å². The van der Waals surface area contributed by atoms with Crippen LogP contribution in [0.1, 0.15) is 51.1 Å². The number of nitrogens with one attached hydrogen (secondary N) is 2. The molecule has 0 aliphatic heterocycles. The molecule has 3 aromatic rings. The molecule has 0 radical (unpaired) electrons. The van der Waals surface area contributed by atoms with Gasteiger partial charge in [0.2, 0.25) is 11.9 Å². The fourth-order valence-electron chi connectivity index (χ4n) is 3.80. The Bertz CT molecular complexity index is 1030. The van der Waals surface area contributed by atoms with Crippen LogP contribution in [0.25, 0.3) is 16.5 Å². The van der Waals surface area contributed by atoms with Crippen LogP contribution in [0.3, 0.4) is 0 Å². The Balaban J connectivity index is 1.65. The highest BCUT2D eigenvalue weighted by Gasteiger charge is 2.20. The Hall–Kier alpha value is -2.74. The zero-order chi connectivity index (χ0) is 20.2. The van der Waals surface area contributed by atoms with E-state index in [4.69, 9.17) is 0 Å². The minimum absolute atomic E-state index is 0.0234. The molecule has 3 heterocycles. The molecule has 1 amide bonds. The summed E-state index contributed by atoms with van der Waals surface area (Å²) in [5.74, 6) is 1.25. The number of aryl methyl sites for hydroxylation is 1. The maximum Gasteiger partial charge on any atom is 0.252 e. The first-order valence-corrected chi connectivity index (χ1v) is 11.0. The molecule has 0 unspecified atom stereocenters. The van der Waals surface area contributed by atoms with Crippen LogP contribution in [-0.2, 0) is 11.2 Å². The normalized spacial score (nSPS) is 14.8. The summed E-state index contributed by atoms with van der Waals surface area (Å²) in [4.78, 5) is 33.0. The predicted molar refractivity (Wildman–Crippen MR) is 114 cm³/mol. The second-order valence-corrected chi connectivity index (χ2v) is 8.42. The van der Waals surface area contributed by atoms with Crippen molar-refractivity contribution in [3.63, 3.8) is 0 Å². The van der Waals surface area contributed by atoms with Gasteiger partial charge in [-0.15, -0.1) is 11.3 Å². The Labute approximate surface area is 173 Å². The first-order chi connectivity index (χ1) is 14.1. The van der Waals surface area contributed by atoms with Crippen molar-refractivity contribution < 1.29 is 4.79 Å². The number of aromatic nitrogens is 4. The third-order valence-electron chi connectivity index (χ3n) is 5.29. The molecule has 7 nitrogen and oxygen atoms in total. The molecule has 0 aromatic carbocycles. The molecule has 1 fully saturated rings. The lowest BCUT2D eigenvalue weighted by atomic mass is 9.87. The Kier molecular flexibility index (Phi) is 5.89. The minimum atomic E-state index is -0.237. The quantitative estimate of drug-likeness (QED) is 0.637. The molecule has 8 heteroatoms. The van der Waals surface area contributed by atoms with E-state index in [0.29, 0.717) is 36.2 Å². The van der Waals surface area contributed by atoms with Crippen LogP contribution in [0.4, 0.5) is 5.82 Å². The molecule has 0 atom stereocenters. The van der Waals surface area contributed by atoms with Crippen LogP contribution in [0.15, 0.2) is 34.4 Å². The van der Waals surface area contributed by atoms with E-state index in [1.54, 1.807) is 11.3 Å². The van der Waals surface area contributed by atoms with E-state index >= 15 is 0 Å². The fourth-order valence-corrected chi connectivity index (χ4v) is 4.48. The molecule has 152 valence electrons. The van der Waals surface area contributed by atoms with Crippen LogP contribution in [0.2, 0.25) is 0 Å². The van der Waals surface area contributed by atoms with Crippen molar-refractivity contribution >= 4 is 23.1 Å².